The molecule has 5 nitrogen and oxygen atoms in total. The maximum atomic E-state index is 11.7. The third kappa shape index (κ3) is 2.58. The van der Waals surface area contributed by atoms with Crippen molar-refractivity contribution in [2.24, 2.45) is 0 Å². The Balaban J connectivity index is 2.46. The number of carbonyl (C=O) groups excluding carboxylic acids is 1. The molecule has 1 aromatic rings. The smallest absolute Gasteiger partial charge is 0.357 e. The molecule has 1 aromatic heterocycles. The van der Waals surface area contributed by atoms with Gasteiger partial charge in [0.05, 0.1) is 18.6 Å². The van der Waals surface area contributed by atoms with Crippen molar-refractivity contribution in [3.05, 3.63) is 22.8 Å². The zero-order valence-electron chi connectivity index (χ0n) is 9.95. The lowest BCUT2D eigenvalue weighted by Crippen LogP contribution is -2.28. The Morgan fingerprint density at radius 1 is 1.53 bits per heavy atom. The number of nitrogens with zero attached hydrogens (tertiary/aromatic N) is 2. The molecule has 0 amide bonds. The summed E-state index contributed by atoms with van der Waals surface area (Å²) in [5, 5.41) is 3.25. The molecule has 2 heterocycles. The van der Waals surface area contributed by atoms with Crippen LogP contribution < -0.4 is 5.32 Å². The van der Waals surface area contributed by atoms with E-state index in [-0.39, 0.29) is 5.97 Å². The number of thioether (sulfide) groups is 1. The van der Waals surface area contributed by atoms with Crippen LogP contribution in [0, 0.1) is 0 Å². The van der Waals surface area contributed by atoms with Gasteiger partial charge in [-0.15, -0.1) is 0 Å². The Kier molecular flexibility index (Phi) is 3.96. The second-order valence-corrected chi connectivity index (χ2v) is 4.63. The molecule has 1 N–H and O–H groups in total. The molecule has 0 radical (unpaired) electrons. The van der Waals surface area contributed by atoms with Gasteiger partial charge in [-0.2, -0.15) is 11.8 Å². The van der Waals surface area contributed by atoms with Crippen LogP contribution in [-0.4, -0.2) is 35.8 Å². The van der Waals surface area contributed by atoms with Crippen LogP contribution in [-0.2, 0) is 23.5 Å². The first-order valence-corrected chi connectivity index (χ1v) is 6.82. The van der Waals surface area contributed by atoms with Gasteiger partial charge in [0.2, 0.25) is 0 Å². The lowest BCUT2D eigenvalue weighted by molar-refractivity contribution is 0.0591. The summed E-state index contributed by atoms with van der Waals surface area (Å²) in [5.74, 6) is 1.03. The highest BCUT2D eigenvalue weighted by Crippen LogP contribution is 2.18. The number of hydrogen-bond acceptors (Lipinski definition) is 6. The quantitative estimate of drug-likeness (QED) is 0.803. The molecule has 1 aliphatic heterocycles. The molecule has 0 bridgehead atoms. The van der Waals surface area contributed by atoms with E-state index in [4.69, 9.17) is 4.74 Å². The summed E-state index contributed by atoms with van der Waals surface area (Å²) in [5.41, 5.74) is 2.29. The fourth-order valence-electron chi connectivity index (χ4n) is 1.87. The summed E-state index contributed by atoms with van der Waals surface area (Å²) >= 11 is 1.64. The minimum absolute atomic E-state index is 0.368. The predicted octanol–water partition coefficient (Wildman–Crippen LogP) is 0.772. The molecule has 0 unspecified atom stereocenters. The van der Waals surface area contributed by atoms with Crippen molar-refractivity contribution in [1.82, 2.24) is 15.3 Å². The lowest BCUT2D eigenvalue weighted by Gasteiger charge is -2.18. The predicted molar refractivity (Wildman–Crippen MR) is 66.0 cm³/mol. The fourth-order valence-corrected chi connectivity index (χ4v) is 2.26. The molecular weight excluding hydrogens is 238 g/mol. The van der Waals surface area contributed by atoms with Crippen LogP contribution in [0.15, 0.2) is 0 Å². The van der Waals surface area contributed by atoms with Crippen molar-refractivity contribution in [3.63, 3.8) is 0 Å². The van der Waals surface area contributed by atoms with Crippen LogP contribution in [0.1, 0.15) is 27.6 Å². The summed E-state index contributed by atoms with van der Waals surface area (Å²) < 4.78 is 4.78. The number of nitrogens with one attached hydrogen (secondary N) is 1. The number of rotatable bonds is 3. The van der Waals surface area contributed by atoms with Gasteiger partial charge in [-0.05, 0) is 19.2 Å². The number of carbonyl (C=O) groups is 1. The molecule has 0 aromatic carbocycles. The van der Waals surface area contributed by atoms with E-state index in [1.54, 1.807) is 11.8 Å². The molecule has 0 saturated heterocycles. The first kappa shape index (κ1) is 12.3. The van der Waals surface area contributed by atoms with Gasteiger partial charge in [0.25, 0.3) is 0 Å². The molecular formula is C11H15N3O2S. The fraction of sp³-hybridized carbons (Fsp3) is 0.545. The Labute approximate surface area is 104 Å². The molecule has 17 heavy (non-hydrogen) atoms. The number of fused-ring (bicyclic) bond motifs is 1. The molecule has 2 rings (SSSR count). The summed E-state index contributed by atoms with van der Waals surface area (Å²) in [7, 11) is 1.38. The van der Waals surface area contributed by atoms with Crippen molar-refractivity contribution in [2.45, 2.75) is 18.7 Å². The van der Waals surface area contributed by atoms with Gasteiger partial charge in [-0.1, -0.05) is 0 Å². The van der Waals surface area contributed by atoms with Crippen LogP contribution in [0.4, 0.5) is 0 Å². The topological polar surface area (TPSA) is 64.1 Å². The van der Waals surface area contributed by atoms with E-state index in [9.17, 15) is 4.79 Å². The highest BCUT2D eigenvalue weighted by molar-refractivity contribution is 7.97. The van der Waals surface area contributed by atoms with E-state index in [1.807, 2.05) is 6.26 Å². The molecule has 6 heteroatoms. The highest BCUT2D eigenvalue weighted by atomic mass is 32.2. The average Bonchev–Trinajstić information content (AvgIpc) is 2.37. The third-order valence-corrected chi connectivity index (χ3v) is 3.18. The monoisotopic (exact) mass is 253 g/mol. The van der Waals surface area contributed by atoms with Crippen LogP contribution >= 0.6 is 11.8 Å². The zero-order chi connectivity index (χ0) is 12.3. The van der Waals surface area contributed by atoms with E-state index in [0.29, 0.717) is 23.8 Å². The van der Waals surface area contributed by atoms with Gasteiger partial charge in [0, 0.05) is 12.1 Å². The van der Waals surface area contributed by atoms with Crippen LogP contribution in [0.25, 0.3) is 0 Å². The highest BCUT2D eigenvalue weighted by Gasteiger charge is 2.22. The lowest BCUT2D eigenvalue weighted by atomic mass is 10.0. The number of hydrogen-bond donors (Lipinski definition) is 1. The molecule has 0 fully saturated rings. The molecule has 0 spiro atoms. The van der Waals surface area contributed by atoms with Crippen LogP contribution in [0.2, 0.25) is 0 Å². The van der Waals surface area contributed by atoms with E-state index in [2.05, 4.69) is 15.3 Å². The Morgan fingerprint density at radius 3 is 3.06 bits per heavy atom. The zero-order valence-corrected chi connectivity index (χ0v) is 10.8. The average molecular weight is 253 g/mol. The maximum absolute atomic E-state index is 11.7. The summed E-state index contributed by atoms with van der Waals surface area (Å²) in [6.07, 6.45) is 2.76. The second-order valence-electron chi connectivity index (χ2n) is 3.77. The van der Waals surface area contributed by atoms with E-state index in [0.717, 1.165) is 24.2 Å². The van der Waals surface area contributed by atoms with Crippen molar-refractivity contribution < 1.29 is 9.53 Å². The van der Waals surface area contributed by atoms with E-state index < -0.39 is 0 Å². The Morgan fingerprint density at radius 2 is 2.35 bits per heavy atom. The molecule has 0 saturated carbocycles. The minimum atomic E-state index is -0.368. The van der Waals surface area contributed by atoms with Gasteiger partial charge < -0.3 is 10.1 Å². The minimum Gasteiger partial charge on any atom is -0.464 e. The standard InChI is InChI=1S/C11H15N3O2S/c1-16-11(15)10-7-3-4-12-5-8(7)13-9(14-10)6-17-2/h12H,3-6H2,1-2H3. The van der Waals surface area contributed by atoms with Gasteiger partial charge in [-0.3, -0.25) is 0 Å². The largest absolute Gasteiger partial charge is 0.464 e. The summed E-state index contributed by atoms with van der Waals surface area (Å²) in [4.78, 5) is 20.5. The Bertz CT molecular complexity index is 437. The van der Waals surface area contributed by atoms with Gasteiger partial charge >= 0.3 is 5.97 Å². The number of methoxy groups -OCH3 is 1. The van der Waals surface area contributed by atoms with Gasteiger partial charge in [-0.25, -0.2) is 14.8 Å². The number of aromatic nitrogens is 2. The third-order valence-electron chi connectivity index (χ3n) is 2.64. The first-order chi connectivity index (χ1) is 8.26. The summed E-state index contributed by atoms with van der Waals surface area (Å²) in [6.45, 7) is 1.55. The van der Waals surface area contributed by atoms with Crippen LogP contribution in [0.3, 0.4) is 0 Å². The SMILES string of the molecule is COC(=O)c1nc(CSC)nc2c1CCNC2. The van der Waals surface area contributed by atoms with E-state index in [1.165, 1.54) is 7.11 Å². The van der Waals surface area contributed by atoms with Crippen molar-refractivity contribution in [3.8, 4) is 0 Å². The maximum Gasteiger partial charge on any atom is 0.357 e. The second kappa shape index (κ2) is 5.46. The molecule has 1 aliphatic rings. The van der Waals surface area contributed by atoms with Crippen molar-refractivity contribution in [1.29, 1.82) is 0 Å². The number of ether oxygens (including phenoxy) is 1. The van der Waals surface area contributed by atoms with Gasteiger partial charge in [0.1, 0.15) is 5.82 Å². The number of esters is 1. The summed E-state index contributed by atoms with van der Waals surface area (Å²) in [6, 6.07) is 0. The van der Waals surface area contributed by atoms with Crippen molar-refractivity contribution in [2.75, 3.05) is 19.9 Å². The normalized spacial score (nSPS) is 14.2. The molecule has 0 atom stereocenters. The molecule has 92 valence electrons. The first-order valence-electron chi connectivity index (χ1n) is 5.43. The Hall–Kier alpha value is -1.14. The van der Waals surface area contributed by atoms with E-state index >= 15 is 0 Å². The molecule has 0 aliphatic carbocycles. The van der Waals surface area contributed by atoms with Gasteiger partial charge in [0.15, 0.2) is 5.69 Å². The van der Waals surface area contributed by atoms with Crippen molar-refractivity contribution >= 4 is 17.7 Å². The van der Waals surface area contributed by atoms with Crippen LogP contribution in [0.5, 0.6) is 0 Å².